The number of rotatable bonds is 5. The molecule has 2 rings (SSSR count). The first-order chi connectivity index (χ1) is 9.11. The van der Waals surface area contributed by atoms with E-state index in [4.69, 9.17) is 9.26 Å². The van der Waals surface area contributed by atoms with E-state index in [-0.39, 0.29) is 0 Å². The van der Waals surface area contributed by atoms with E-state index in [2.05, 4.69) is 26.4 Å². The van der Waals surface area contributed by atoms with Crippen molar-refractivity contribution in [2.24, 2.45) is 0 Å². The van der Waals surface area contributed by atoms with Crippen molar-refractivity contribution in [3.05, 3.63) is 45.3 Å². The molecule has 0 aliphatic heterocycles. The molecular weight excluding hydrogens is 308 g/mol. The highest BCUT2D eigenvalue weighted by Gasteiger charge is 2.10. The predicted octanol–water partition coefficient (Wildman–Crippen LogP) is 3.35. The second kappa shape index (κ2) is 6.21. The van der Waals surface area contributed by atoms with Crippen LogP contribution in [-0.2, 0) is 13.2 Å². The molecule has 2 aromatic rings. The minimum absolute atomic E-state index is 0.474. The summed E-state index contributed by atoms with van der Waals surface area (Å²) in [7, 11) is 1.92. The lowest BCUT2D eigenvalue weighted by atomic mass is 10.2. The molecule has 5 heteroatoms. The van der Waals surface area contributed by atoms with Crippen molar-refractivity contribution in [1.29, 1.82) is 0 Å². The molecule has 0 amide bonds. The number of hydrogen-bond acceptors (Lipinski definition) is 4. The normalized spacial score (nSPS) is 10.7. The molecule has 0 aliphatic rings. The first kappa shape index (κ1) is 14.1. The first-order valence-corrected chi connectivity index (χ1v) is 6.88. The zero-order valence-corrected chi connectivity index (χ0v) is 12.9. The smallest absolute Gasteiger partial charge is 0.140 e. The monoisotopic (exact) mass is 324 g/mol. The van der Waals surface area contributed by atoms with Gasteiger partial charge in [-0.3, -0.25) is 0 Å². The average Bonchev–Trinajstić information content (AvgIpc) is 2.70. The summed E-state index contributed by atoms with van der Waals surface area (Å²) in [5.74, 6) is 1.65. The summed E-state index contributed by atoms with van der Waals surface area (Å²) >= 11 is 3.52. The second-order valence-corrected chi connectivity index (χ2v) is 5.23. The SMILES string of the molecule is CNCc1cc(OCc2c(C)noc2C)ccc1Br. The number of nitrogens with one attached hydrogen (secondary N) is 1. The fraction of sp³-hybridized carbons (Fsp3) is 0.357. The Morgan fingerprint density at radius 2 is 2.16 bits per heavy atom. The van der Waals surface area contributed by atoms with Gasteiger partial charge in [-0.1, -0.05) is 21.1 Å². The standard InChI is InChI=1S/C14H17BrN2O2/c1-9-13(10(2)19-17-9)8-18-12-4-5-14(15)11(6-12)7-16-3/h4-6,16H,7-8H2,1-3H3. The van der Waals surface area contributed by atoms with Crippen LogP contribution in [-0.4, -0.2) is 12.2 Å². The van der Waals surface area contributed by atoms with Gasteiger partial charge in [0, 0.05) is 11.0 Å². The minimum atomic E-state index is 0.474. The van der Waals surface area contributed by atoms with Crippen molar-refractivity contribution < 1.29 is 9.26 Å². The molecule has 102 valence electrons. The van der Waals surface area contributed by atoms with E-state index in [9.17, 15) is 0 Å². The van der Waals surface area contributed by atoms with Crippen molar-refractivity contribution in [3.8, 4) is 5.75 Å². The summed E-state index contributed by atoms with van der Waals surface area (Å²) in [6.45, 7) is 5.08. The molecule has 1 heterocycles. The molecule has 4 nitrogen and oxygen atoms in total. The third-order valence-corrected chi connectivity index (χ3v) is 3.72. The number of benzene rings is 1. The molecule has 0 unspecified atom stereocenters. The van der Waals surface area contributed by atoms with Crippen LogP contribution in [0.25, 0.3) is 0 Å². The van der Waals surface area contributed by atoms with Crippen molar-refractivity contribution >= 4 is 15.9 Å². The van der Waals surface area contributed by atoms with Crippen LogP contribution in [0, 0.1) is 13.8 Å². The van der Waals surface area contributed by atoms with Gasteiger partial charge in [0.2, 0.25) is 0 Å². The maximum absolute atomic E-state index is 5.81. The van der Waals surface area contributed by atoms with Gasteiger partial charge in [-0.15, -0.1) is 0 Å². The van der Waals surface area contributed by atoms with E-state index < -0.39 is 0 Å². The van der Waals surface area contributed by atoms with Gasteiger partial charge in [-0.05, 0) is 44.7 Å². The van der Waals surface area contributed by atoms with Crippen LogP contribution in [0.5, 0.6) is 5.75 Å². The van der Waals surface area contributed by atoms with Crippen molar-refractivity contribution in [3.63, 3.8) is 0 Å². The molecule has 0 fully saturated rings. The number of aryl methyl sites for hydroxylation is 2. The molecule has 1 aromatic heterocycles. The van der Waals surface area contributed by atoms with Gasteiger partial charge in [-0.2, -0.15) is 0 Å². The molecule has 0 atom stereocenters. The first-order valence-electron chi connectivity index (χ1n) is 6.09. The van der Waals surface area contributed by atoms with E-state index in [1.54, 1.807) is 0 Å². The topological polar surface area (TPSA) is 47.3 Å². The van der Waals surface area contributed by atoms with E-state index in [0.29, 0.717) is 6.61 Å². The van der Waals surface area contributed by atoms with Gasteiger partial charge >= 0.3 is 0 Å². The predicted molar refractivity (Wildman–Crippen MR) is 77.2 cm³/mol. The van der Waals surface area contributed by atoms with Crippen LogP contribution < -0.4 is 10.1 Å². The highest BCUT2D eigenvalue weighted by Crippen LogP contribution is 2.24. The Hall–Kier alpha value is -1.33. The Morgan fingerprint density at radius 1 is 1.37 bits per heavy atom. The number of aromatic nitrogens is 1. The van der Waals surface area contributed by atoms with Gasteiger partial charge in [-0.25, -0.2) is 0 Å². The third kappa shape index (κ3) is 3.36. The van der Waals surface area contributed by atoms with Crippen molar-refractivity contribution in [2.75, 3.05) is 7.05 Å². The Balaban J connectivity index is 2.09. The molecule has 0 saturated heterocycles. The largest absolute Gasteiger partial charge is 0.489 e. The Morgan fingerprint density at radius 3 is 2.79 bits per heavy atom. The summed E-state index contributed by atoms with van der Waals surface area (Å²) < 4.78 is 12.0. The molecule has 1 N–H and O–H groups in total. The van der Waals surface area contributed by atoms with E-state index in [0.717, 1.165) is 33.8 Å². The maximum atomic E-state index is 5.81. The fourth-order valence-electron chi connectivity index (χ4n) is 1.83. The van der Waals surface area contributed by atoms with Crippen LogP contribution in [0.15, 0.2) is 27.2 Å². The number of ether oxygens (including phenoxy) is 1. The number of nitrogens with zero attached hydrogens (tertiary/aromatic N) is 1. The maximum Gasteiger partial charge on any atom is 0.140 e. The van der Waals surface area contributed by atoms with Crippen molar-refractivity contribution in [2.45, 2.75) is 27.0 Å². The summed E-state index contributed by atoms with van der Waals surface area (Å²) in [5, 5.41) is 7.05. The van der Waals surface area contributed by atoms with E-state index in [1.165, 1.54) is 5.56 Å². The van der Waals surface area contributed by atoms with Crippen LogP contribution >= 0.6 is 15.9 Å². The molecule has 0 bridgehead atoms. The highest BCUT2D eigenvalue weighted by atomic mass is 79.9. The van der Waals surface area contributed by atoms with Gasteiger partial charge < -0.3 is 14.6 Å². The average molecular weight is 325 g/mol. The summed E-state index contributed by atoms with van der Waals surface area (Å²) in [5.41, 5.74) is 3.06. The van der Waals surface area contributed by atoms with Crippen LogP contribution in [0.2, 0.25) is 0 Å². The van der Waals surface area contributed by atoms with Crippen LogP contribution in [0.3, 0.4) is 0 Å². The third-order valence-electron chi connectivity index (χ3n) is 2.95. The van der Waals surface area contributed by atoms with Gasteiger partial charge in [0.25, 0.3) is 0 Å². The Bertz CT molecular complexity index is 547. The molecule has 0 radical (unpaired) electrons. The van der Waals surface area contributed by atoms with Gasteiger partial charge in [0.1, 0.15) is 18.1 Å². The summed E-state index contributed by atoms with van der Waals surface area (Å²) in [6, 6.07) is 5.97. The van der Waals surface area contributed by atoms with Gasteiger partial charge in [0.05, 0.1) is 11.3 Å². The highest BCUT2D eigenvalue weighted by molar-refractivity contribution is 9.10. The van der Waals surface area contributed by atoms with Crippen molar-refractivity contribution in [1.82, 2.24) is 10.5 Å². The zero-order valence-electron chi connectivity index (χ0n) is 11.3. The second-order valence-electron chi connectivity index (χ2n) is 4.37. The van der Waals surface area contributed by atoms with Crippen LogP contribution in [0.4, 0.5) is 0 Å². The summed E-state index contributed by atoms with van der Waals surface area (Å²) in [4.78, 5) is 0. The Labute approximate surface area is 121 Å². The summed E-state index contributed by atoms with van der Waals surface area (Å²) in [6.07, 6.45) is 0. The zero-order chi connectivity index (χ0) is 13.8. The van der Waals surface area contributed by atoms with E-state index >= 15 is 0 Å². The van der Waals surface area contributed by atoms with Gasteiger partial charge in [0.15, 0.2) is 0 Å². The molecular formula is C14H17BrN2O2. The quantitative estimate of drug-likeness (QED) is 0.916. The lowest BCUT2D eigenvalue weighted by Crippen LogP contribution is -2.06. The lowest BCUT2D eigenvalue weighted by molar-refractivity contribution is 0.301. The molecule has 19 heavy (non-hydrogen) atoms. The molecule has 1 aromatic carbocycles. The van der Waals surface area contributed by atoms with E-state index in [1.807, 2.05) is 39.1 Å². The lowest BCUT2D eigenvalue weighted by Gasteiger charge is -2.09. The van der Waals surface area contributed by atoms with Crippen LogP contribution in [0.1, 0.15) is 22.6 Å². The minimum Gasteiger partial charge on any atom is -0.489 e. The molecule has 0 spiro atoms. The number of halogens is 1. The molecule has 0 aliphatic carbocycles. The Kier molecular flexibility index (Phi) is 4.61. The number of hydrogen-bond donors (Lipinski definition) is 1. The fourth-order valence-corrected chi connectivity index (χ4v) is 2.22. The molecule has 0 saturated carbocycles.